The fourth-order valence-corrected chi connectivity index (χ4v) is 2.13. The molecule has 0 spiro atoms. The van der Waals surface area contributed by atoms with Gasteiger partial charge in [0.2, 0.25) is 0 Å². The van der Waals surface area contributed by atoms with Gasteiger partial charge in [0.1, 0.15) is 5.82 Å². The lowest BCUT2D eigenvalue weighted by molar-refractivity contribution is 0.627. The zero-order chi connectivity index (χ0) is 13.9. The molecule has 0 aliphatic carbocycles. The van der Waals surface area contributed by atoms with Crippen LogP contribution in [0.5, 0.6) is 0 Å². The molecule has 1 aromatic heterocycles. The molecule has 0 aliphatic heterocycles. The highest BCUT2D eigenvalue weighted by Crippen LogP contribution is 2.19. The van der Waals surface area contributed by atoms with Gasteiger partial charge in [-0.25, -0.2) is 4.39 Å². The highest BCUT2D eigenvalue weighted by atomic mass is 35.5. The van der Waals surface area contributed by atoms with Crippen LogP contribution < -0.4 is 5.32 Å². The molecule has 3 aromatic rings. The van der Waals surface area contributed by atoms with E-state index in [-0.39, 0.29) is 5.02 Å². The smallest absolute Gasteiger partial charge is 0.141 e. The molecule has 0 amide bonds. The Morgan fingerprint density at radius 1 is 1.00 bits per heavy atom. The van der Waals surface area contributed by atoms with Crippen molar-refractivity contribution in [3.05, 3.63) is 65.2 Å². The Bertz CT molecular complexity index is 761. The molecule has 0 fully saturated rings. The topological polar surface area (TPSA) is 37.8 Å². The zero-order valence-electron chi connectivity index (χ0n) is 10.5. The van der Waals surface area contributed by atoms with E-state index in [2.05, 4.69) is 15.3 Å². The molecular weight excluding hydrogens is 277 g/mol. The Kier molecular flexibility index (Phi) is 3.48. The highest BCUT2D eigenvalue weighted by molar-refractivity contribution is 6.30. The van der Waals surface area contributed by atoms with E-state index in [9.17, 15) is 4.39 Å². The molecule has 2 aromatic carbocycles. The summed E-state index contributed by atoms with van der Waals surface area (Å²) in [5, 5.41) is 3.38. The van der Waals surface area contributed by atoms with Crippen molar-refractivity contribution in [2.45, 2.75) is 6.54 Å². The third-order valence-corrected chi connectivity index (χ3v) is 3.24. The second kappa shape index (κ2) is 5.43. The Hall–Kier alpha value is -2.20. The van der Waals surface area contributed by atoms with Crippen molar-refractivity contribution in [3.63, 3.8) is 0 Å². The SMILES string of the molecule is Fc1ccc(CNc2ccc3nccnc3c2)cc1Cl. The monoisotopic (exact) mass is 287 g/mol. The second-order valence-electron chi connectivity index (χ2n) is 4.36. The lowest BCUT2D eigenvalue weighted by Crippen LogP contribution is -2.00. The zero-order valence-corrected chi connectivity index (χ0v) is 11.2. The van der Waals surface area contributed by atoms with Crippen molar-refractivity contribution in [1.82, 2.24) is 9.97 Å². The van der Waals surface area contributed by atoms with Gasteiger partial charge in [-0.3, -0.25) is 9.97 Å². The van der Waals surface area contributed by atoms with E-state index < -0.39 is 5.82 Å². The maximum Gasteiger partial charge on any atom is 0.141 e. The average Bonchev–Trinajstić information content (AvgIpc) is 2.48. The van der Waals surface area contributed by atoms with Crippen LogP contribution in [0.25, 0.3) is 11.0 Å². The molecule has 1 N–H and O–H groups in total. The minimum Gasteiger partial charge on any atom is -0.381 e. The van der Waals surface area contributed by atoms with E-state index in [0.29, 0.717) is 6.54 Å². The van der Waals surface area contributed by atoms with Crippen LogP contribution in [-0.4, -0.2) is 9.97 Å². The van der Waals surface area contributed by atoms with Gasteiger partial charge < -0.3 is 5.32 Å². The number of fused-ring (bicyclic) bond motifs is 1. The predicted octanol–water partition coefficient (Wildman–Crippen LogP) is 4.03. The van der Waals surface area contributed by atoms with Crippen molar-refractivity contribution >= 4 is 28.3 Å². The van der Waals surface area contributed by atoms with Crippen LogP contribution in [0.3, 0.4) is 0 Å². The Morgan fingerprint density at radius 2 is 1.80 bits per heavy atom. The number of nitrogens with zero attached hydrogens (tertiary/aromatic N) is 2. The molecule has 0 saturated carbocycles. The van der Waals surface area contributed by atoms with Crippen LogP contribution >= 0.6 is 11.6 Å². The van der Waals surface area contributed by atoms with Crippen molar-refractivity contribution in [3.8, 4) is 0 Å². The molecule has 0 aliphatic rings. The number of halogens is 2. The molecular formula is C15H11ClFN3. The average molecular weight is 288 g/mol. The molecule has 0 atom stereocenters. The standard InChI is InChI=1S/C15H11ClFN3/c16-12-7-10(1-3-13(12)17)9-20-11-2-4-14-15(8-11)19-6-5-18-14/h1-8,20H,9H2. The summed E-state index contributed by atoms with van der Waals surface area (Å²) in [6.45, 7) is 0.561. The van der Waals surface area contributed by atoms with Gasteiger partial charge >= 0.3 is 0 Å². The molecule has 20 heavy (non-hydrogen) atoms. The molecule has 3 rings (SSSR count). The van der Waals surface area contributed by atoms with Crippen LogP contribution in [0.4, 0.5) is 10.1 Å². The molecule has 5 heteroatoms. The minimum atomic E-state index is -0.406. The third kappa shape index (κ3) is 2.70. The van der Waals surface area contributed by atoms with Gasteiger partial charge in [-0.2, -0.15) is 0 Å². The first kappa shape index (κ1) is 12.8. The number of hydrogen-bond acceptors (Lipinski definition) is 3. The number of nitrogens with one attached hydrogen (secondary N) is 1. The van der Waals surface area contributed by atoms with E-state index in [0.717, 1.165) is 22.3 Å². The molecule has 0 radical (unpaired) electrons. The fourth-order valence-electron chi connectivity index (χ4n) is 1.93. The van der Waals surface area contributed by atoms with E-state index >= 15 is 0 Å². The summed E-state index contributed by atoms with van der Waals surface area (Å²) >= 11 is 5.75. The maximum atomic E-state index is 13.1. The first-order valence-electron chi connectivity index (χ1n) is 6.11. The summed E-state index contributed by atoms with van der Waals surface area (Å²) in [6, 6.07) is 10.4. The molecule has 0 bridgehead atoms. The van der Waals surface area contributed by atoms with Gasteiger partial charge in [-0.15, -0.1) is 0 Å². The molecule has 1 heterocycles. The largest absolute Gasteiger partial charge is 0.381 e. The number of anilines is 1. The van der Waals surface area contributed by atoms with Gasteiger partial charge in [-0.1, -0.05) is 17.7 Å². The first-order chi connectivity index (χ1) is 9.72. The number of hydrogen-bond donors (Lipinski definition) is 1. The second-order valence-corrected chi connectivity index (χ2v) is 4.77. The van der Waals surface area contributed by atoms with E-state index in [1.807, 2.05) is 18.2 Å². The third-order valence-electron chi connectivity index (χ3n) is 2.95. The van der Waals surface area contributed by atoms with Gasteiger partial charge in [0.15, 0.2) is 0 Å². The van der Waals surface area contributed by atoms with Crippen LogP contribution in [0, 0.1) is 5.82 Å². The fraction of sp³-hybridized carbons (Fsp3) is 0.0667. The van der Waals surface area contributed by atoms with E-state index in [1.54, 1.807) is 24.5 Å². The molecule has 0 unspecified atom stereocenters. The van der Waals surface area contributed by atoms with Crippen LogP contribution in [-0.2, 0) is 6.54 Å². The maximum absolute atomic E-state index is 13.1. The number of rotatable bonds is 3. The quantitative estimate of drug-likeness (QED) is 0.790. The Labute approximate surface area is 120 Å². The Morgan fingerprint density at radius 3 is 2.60 bits per heavy atom. The van der Waals surface area contributed by atoms with Crippen LogP contribution in [0.2, 0.25) is 5.02 Å². The van der Waals surface area contributed by atoms with Gasteiger partial charge in [-0.05, 0) is 35.9 Å². The normalized spacial score (nSPS) is 10.7. The lowest BCUT2D eigenvalue weighted by Gasteiger charge is -2.08. The van der Waals surface area contributed by atoms with Gasteiger partial charge in [0.05, 0.1) is 16.1 Å². The van der Waals surface area contributed by atoms with Gasteiger partial charge in [0, 0.05) is 24.6 Å². The molecule has 100 valence electrons. The summed E-state index contributed by atoms with van der Waals surface area (Å²) in [6.07, 6.45) is 3.32. The van der Waals surface area contributed by atoms with Crippen molar-refractivity contribution < 1.29 is 4.39 Å². The summed E-state index contributed by atoms with van der Waals surface area (Å²) < 4.78 is 13.1. The lowest BCUT2D eigenvalue weighted by atomic mass is 10.2. The number of aromatic nitrogens is 2. The predicted molar refractivity (Wildman–Crippen MR) is 78.3 cm³/mol. The summed E-state index contributed by atoms with van der Waals surface area (Å²) in [4.78, 5) is 8.46. The van der Waals surface area contributed by atoms with Crippen molar-refractivity contribution in [1.29, 1.82) is 0 Å². The summed E-state index contributed by atoms with van der Waals surface area (Å²) in [7, 11) is 0. The molecule has 3 nitrogen and oxygen atoms in total. The van der Waals surface area contributed by atoms with Crippen LogP contribution in [0.15, 0.2) is 48.8 Å². The molecule has 0 saturated heterocycles. The highest BCUT2D eigenvalue weighted by Gasteiger charge is 2.02. The van der Waals surface area contributed by atoms with Crippen molar-refractivity contribution in [2.24, 2.45) is 0 Å². The summed E-state index contributed by atoms with van der Waals surface area (Å²) in [5.74, 6) is -0.406. The number of benzene rings is 2. The van der Waals surface area contributed by atoms with Gasteiger partial charge in [0.25, 0.3) is 0 Å². The summed E-state index contributed by atoms with van der Waals surface area (Å²) in [5.41, 5.74) is 3.52. The van der Waals surface area contributed by atoms with E-state index in [4.69, 9.17) is 11.6 Å². The van der Waals surface area contributed by atoms with Crippen LogP contribution in [0.1, 0.15) is 5.56 Å². The Balaban J connectivity index is 1.77. The van der Waals surface area contributed by atoms with Crippen molar-refractivity contribution in [2.75, 3.05) is 5.32 Å². The minimum absolute atomic E-state index is 0.133. The van der Waals surface area contributed by atoms with E-state index in [1.165, 1.54) is 6.07 Å². The first-order valence-corrected chi connectivity index (χ1v) is 6.49.